The summed E-state index contributed by atoms with van der Waals surface area (Å²) in [5.41, 5.74) is 3.56. The molecular weight excluding hydrogens is 485 g/mol. The number of aryl methyl sites for hydroxylation is 1. The molecule has 1 fully saturated rings. The summed E-state index contributed by atoms with van der Waals surface area (Å²) in [5.74, 6) is 0.888. The lowest BCUT2D eigenvalue weighted by atomic mass is 9.95. The molecule has 0 amide bonds. The van der Waals surface area contributed by atoms with Crippen LogP contribution >= 0.6 is 11.3 Å². The zero-order valence-corrected chi connectivity index (χ0v) is 22.4. The fourth-order valence-corrected chi connectivity index (χ4v) is 5.97. The van der Waals surface area contributed by atoms with Gasteiger partial charge in [0.15, 0.2) is 5.13 Å². The Bertz CT molecular complexity index is 1430. The van der Waals surface area contributed by atoms with Crippen LogP contribution in [0, 0.1) is 30.0 Å². The molecule has 5 rings (SSSR count). The van der Waals surface area contributed by atoms with E-state index >= 15 is 0 Å². The molecule has 0 spiro atoms. The third-order valence-electron chi connectivity index (χ3n) is 7.10. The summed E-state index contributed by atoms with van der Waals surface area (Å²) >= 11 is 1.36. The van der Waals surface area contributed by atoms with E-state index in [1.807, 2.05) is 7.05 Å². The number of pyridine rings is 1. The predicted molar refractivity (Wildman–Crippen MR) is 147 cm³/mol. The molecule has 0 aliphatic carbocycles. The Balaban J connectivity index is 1.65. The number of nitriles is 1. The molecule has 0 saturated carbocycles. The normalized spacial score (nSPS) is 17.2. The van der Waals surface area contributed by atoms with E-state index in [4.69, 9.17) is 15.0 Å². The number of nitrogens with zero attached hydrogens (tertiary/aromatic N) is 6. The van der Waals surface area contributed by atoms with E-state index in [1.54, 1.807) is 12.1 Å². The van der Waals surface area contributed by atoms with Gasteiger partial charge in [-0.25, -0.2) is 14.4 Å². The standard InChI is InChI=1S/C28H32FN7S/c1-4-5-6-20-17-32-24-18(2)15-23(36-13-11-31-12-14-36)33-26(24)27(20)35(3)28-34-25(22(16-30)37-28)19-7-9-21(29)10-8-19/h7-10,15,20,31H,4-6,11-14,17H2,1-3H3. The SMILES string of the molecule is CCCCC1CN=c2c(C)cc(N3CCNCC3)nc2=C1N(C)c1nc(-c2ccc(F)cc2)c(C#N)s1. The van der Waals surface area contributed by atoms with Gasteiger partial charge in [-0.05, 0) is 49.2 Å². The van der Waals surface area contributed by atoms with Crippen molar-refractivity contribution in [2.75, 3.05) is 49.6 Å². The number of nitrogens with one attached hydrogen (secondary N) is 1. The molecule has 1 N–H and O–H groups in total. The Morgan fingerprint density at radius 3 is 2.68 bits per heavy atom. The van der Waals surface area contributed by atoms with Gasteiger partial charge in [0.1, 0.15) is 33.6 Å². The van der Waals surface area contributed by atoms with Gasteiger partial charge in [0.05, 0.1) is 11.1 Å². The number of aromatic nitrogens is 2. The van der Waals surface area contributed by atoms with Crippen molar-refractivity contribution >= 4 is 28.0 Å². The molecule has 192 valence electrons. The lowest BCUT2D eigenvalue weighted by molar-refractivity contribution is 0.550. The van der Waals surface area contributed by atoms with Crippen molar-refractivity contribution in [1.29, 1.82) is 5.26 Å². The van der Waals surface area contributed by atoms with Gasteiger partial charge in [0, 0.05) is 51.3 Å². The van der Waals surface area contributed by atoms with Crippen molar-refractivity contribution < 1.29 is 4.39 Å². The Kier molecular flexibility index (Phi) is 7.49. The van der Waals surface area contributed by atoms with Crippen LogP contribution in [0.1, 0.15) is 36.6 Å². The maximum absolute atomic E-state index is 13.5. The van der Waals surface area contributed by atoms with E-state index in [2.05, 4.69) is 41.1 Å². The Morgan fingerprint density at radius 2 is 1.97 bits per heavy atom. The first-order chi connectivity index (χ1) is 18.0. The first-order valence-electron chi connectivity index (χ1n) is 12.9. The number of halogens is 1. The number of benzene rings is 1. The molecule has 2 aliphatic rings. The van der Waals surface area contributed by atoms with E-state index in [-0.39, 0.29) is 11.7 Å². The largest absolute Gasteiger partial charge is 0.354 e. The van der Waals surface area contributed by atoms with Crippen LogP contribution in [0.5, 0.6) is 0 Å². The maximum Gasteiger partial charge on any atom is 0.191 e. The van der Waals surface area contributed by atoms with Crippen LogP contribution in [0.2, 0.25) is 0 Å². The van der Waals surface area contributed by atoms with E-state index < -0.39 is 0 Å². The van der Waals surface area contributed by atoms with Crippen LogP contribution in [0.3, 0.4) is 0 Å². The maximum atomic E-state index is 13.5. The van der Waals surface area contributed by atoms with E-state index in [9.17, 15) is 9.65 Å². The van der Waals surface area contributed by atoms with Gasteiger partial charge in [-0.1, -0.05) is 31.1 Å². The Hall–Kier alpha value is -3.35. The molecule has 0 bridgehead atoms. The molecule has 3 aromatic rings. The second kappa shape index (κ2) is 11.0. The molecule has 9 heteroatoms. The topological polar surface area (TPSA) is 80.4 Å². The summed E-state index contributed by atoms with van der Waals surface area (Å²) in [6.45, 7) is 8.77. The molecule has 4 heterocycles. The molecule has 1 saturated heterocycles. The highest BCUT2D eigenvalue weighted by atomic mass is 32.1. The van der Waals surface area contributed by atoms with Crippen LogP contribution in [0.25, 0.3) is 17.0 Å². The molecule has 0 radical (unpaired) electrons. The monoisotopic (exact) mass is 517 g/mol. The zero-order chi connectivity index (χ0) is 25.9. The van der Waals surface area contributed by atoms with E-state index in [1.165, 1.54) is 23.5 Å². The number of anilines is 2. The molecule has 1 unspecified atom stereocenters. The molecule has 2 aliphatic heterocycles. The van der Waals surface area contributed by atoms with Gasteiger partial charge in [0.2, 0.25) is 0 Å². The number of piperazine rings is 1. The fourth-order valence-electron chi connectivity index (χ4n) is 5.11. The van der Waals surface area contributed by atoms with Gasteiger partial charge in [-0.3, -0.25) is 4.99 Å². The van der Waals surface area contributed by atoms with Crippen molar-refractivity contribution in [2.45, 2.75) is 33.1 Å². The van der Waals surface area contributed by atoms with Crippen molar-refractivity contribution in [3.05, 3.63) is 57.3 Å². The van der Waals surface area contributed by atoms with Crippen LogP contribution in [-0.4, -0.2) is 49.7 Å². The second-order valence-corrected chi connectivity index (χ2v) is 10.6. The van der Waals surface area contributed by atoms with Crippen LogP contribution in [0.4, 0.5) is 15.3 Å². The molecule has 1 aromatic carbocycles. The van der Waals surface area contributed by atoms with Gasteiger partial charge in [-0.2, -0.15) is 5.26 Å². The lowest BCUT2D eigenvalue weighted by Crippen LogP contribution is -2.48. The summed E-state index contributed by atoms with van der Waals surface area (Å²) < 4.78 is 13.5. The highest BCUT2D eigenvalue weighted by Crippen LogP contribution is 2.36. The zero-order valence-electron chi connectivity index (χ0n) is 21.6. The molecule has 7 nitrogen and oxygen atoms in total. The molecular formula is C28H32FN7S. The third-order valence-corrected chi connectivity index (χ3v) is 8.14. The Morgan fingerprint density at radius 1 is 1.22 bits per heavy atom. The third kappa shape index (κ3) is 5.09. The highest BCUT2D eigenvalue weighted by Gasteiger charge is 2.27. The minimum atomic E-state index is -0.312. The summed E-state index contributed by atoms with van der Waals surface area (Å²) in [7, 11) is 2.02. The first kappa shape index (κ1) is 25.3. The number of unbranched alkanes of at least 4 members (excludes halogenated alkanes) is 1. The average Bonchev–Trinajstić information content (AvgIpc) is 3.36. The van der Waals surface area contributed by atoms with Gasteiger partial charge < -0.3 is 15.1 Å². The summed E-state index contributed by atoms with van der Waals surface area (Å²) in [6.07, 6.45) is 3.22. The minimum absolute atomic E-state index is 0.214. The molecule has 2 aromatic heterocycles. The number of hydrogen-bond acceptors (Lipinski definition) is 8. The quantitative estimate of drug-likeness (QED) is 0.516. The number of fused-ring (bicyclic) bond motifs is 1. The summed E-state index contributed by atoms with van der Waals surface area (Å²) in [5, 5.41) is 15.9. The van der Waals surface area contributed by atoms with E-state index in [0.29, 0.717) is 17.1 Å². The van der Waals surface area contributed by atoms with Crippen molar-refractivity contribution in [2.24, 2.45) is 10.9 Å². The predicted octanol–water partition coefficient (Wildman–Crippen LogP) is 3.62. The van der Waals surface area contributed by atoms with Crippen molar-refractivity contribution in [3.63, 3.8) is 0 Å². The second-order valence-electron chi connectivity index (χ2n) is 9.65. The Labute approximate surface area is 221 Å². The van der Waals surface area contributed by atoms with Crippen LogP contribution in [0.15, 0.2) is 35.3 Å². The van der Waals surface area contributed by atoms with Gasteiger partial charge >= 0.3 is 0 Å². The smallest absolute Gasteiger partial charge is 0.191 e. The fraction of sp³-hybridized carbons (Fsp3) is 0.429. The molecule has 1 atom stereocenters. The first-order valence-corrected chi connectivity index (χ1v) is 13.7. The highest BCUT2D eigenvalue weighted by molar-refractivity contribution is 7.16. The molecule has 37 heavy (non-hydrogen) atoms. The number of thiazole rings is 1. The average molecular weight is 518 g/mol. The van der Waals surface area contributed by atoms with Crippen LogP contribution in [-0.2, 0) is 0 Å². The number of rotatable bonds is 7. The van der Waals surface area contributed by atoms with Crippen molar-refractivity contribution in [1.82, 2.24) is 15.3 Å². The van der Waals surface area contributed by atoms with Crippen LogP contribution < -0.4 is 25.8 Å². The lowest BCUT2D eigenvalue weighted by Gasteiger charge is -2.31. The summed E-state index contributed by atoms with van der Waals surface area (Å²) in [4.78, 5) is 20.0. The number of hydrogen-bond donors (Lipinski definition) is 1. The van der Waals surface area contributed by atoms with Gasteiger partial charge in [-0.15, -0.1) is 0 Å². The van der Waals surface area contributed by atoms with Crippen molar-refractivity contribution in [3.8, 4) is 17.3 Å². The van der Waals surface area contributed by atoms with E-state index in [0.717, 1.165) is 83.9 Å². The van der Waals surface area contributed by atoms with Gasteiger partial charge in [0.25, 0.3) is 0 Å². The summed E-state index contributed by atoms with van der Waals surface area (Å²) in [6, 6.07) is 10.6. The minimum Gasteiger partial charge on any atom is -0.354 e.